The van der Waals surface area contributed by atoms with E-state index in [1.54, 1.807) is 18.2 Å². The molecule has 0 spiro atoms. The summed E-state index contributed by atoms with van der Waals surface area (Å²) in [7, 11) is 0. The van der Waals surface area contributed by atoms with Crippen LogP contribution in [0.4, 0.5) is 4.39 Å². The Kier molecular flexibility index (Phi) is 6.64. The Hall–Kier alpha value is -2.17. The molecule has 0 aliphatic rings. The van der Waals surface area contributed by atoms with E-state index in [1.807, 2.05) is 42.5 Å². The molecule has 3 aromatic carbocycles. The van der Waals surface area contributed by atoms with E-state index in [4.69, 9.17) is 4.74 Å². The number of hydrogen-bond acceptors (Lipinski definition) is 2. The van der Waals surface area contributed by atoms with Crippen LogP contribution >= 0.6 is 38.5 Å². The van der Waals surface area contributed by atoms with Crippen molar-refractivity contribution in [2.24, 2.45) is 0 Å². The van der Waals surface area contributed by atoms with Crippen LogP contribution < -0.4 is 4.74 Å². The van der Waals surface area contributed by atoms with E-state index < -0.39 is 0 Å². The minimum atomic E-state index is -0.367. The molecule has 3 rings (SSSR count). The molecule has 0 unspecified atom stereocenters. The number of halogens is 3. The number of allylic oxidation sites excluding steroid dienone is 1. The molecule has 0 bridgehead atoms. The minimum Gasteiger partial charge on any atom is -0.488 e. The maximum atomic E-state index is 13.4. The van der Waals surface area contributed by atoms with E-state index >= 15 is 0 Å². The first-order valence-corrected chi connectivity index (χ1v) is 9.97. The third-order valence-corrected chi connectivity index (χ3v) is 5.17. The fourth-order valence-electron chi connectivity index (χ4n) is 2.47. The normalized spacial score (nSPS) is 11.1. The molecule has 0 radical (unpaired) electrons. The maximum Gasteiger partial charge on any atom is 0.134 e. The lowest BCUT2D eigenvalue weighted by atomic mass is 10.0. The van der Waals surface area contributed by atoms with Gasteiger partial charge in [-0.15, -0.1) is 0 Å². The van der Waals surface area contributed by atoms with Crippen molar-refractivity contribution in [3.8, 4) is 11.8 Å². The fraction of sp³-hybridized carbons (Fsp3) is 0.0455. The van der Waals surface area contributed by atoms with Gasteiger partial charge in [0, 0.05) is 3.57 Å². The van der Waals surface area contributed by atoms with Crippen LogP contribution in [0, 0.1) is 20.7 Å². The van der Waals surface area contributed by atoms with Crippen LogP contribution in [0.1, 0.15) is 16.7 Å². The molecule has 27 heavy (non-hydrogen) atoms. The Morgan fingerprint density at radius 2 is 1.89 bits per heavy atom. The van der Waals surface area contributed by atoms with Gasteiger partial charge in [-0.3, -0.25) is 0 Å². The van der Waals surface area contributed by atoms with Crippen LogP contribution in [0.15, 0.2) is 71.2 Å². The Morgan fingerprint density at radius 1 is 1.11 bits per heavy atom. The molecular weight excluding hydrogens is 520 g/mol. The van der Waals surface area contributed by atoms with Crippen molar-refractivity contribution in [1.29, 1.82) is 5.26 Å². The molecule has 3 aromatic rings. The van der Waals surface area contributed by atoms with Gasteiger partial charge in [-0.1, -0.05) is 30.3 Å². The van der Waals surface area contributed by atoms with E-state index in [9.17, 15) is 9.65 Å². The van der Waals surface area contributed by atoms with Crippen LogP contribution in [-0.4, -0.2) is 0 Å². The van der Waals surface area contributed by atoms with E-state index in [1.165, 1.54) is 15.7 Å². The highest BCUT2D eigenvalue weighted by molar-refractivity contribution is 14.1. The lowest BCUT2D eigenvalue weighted by molar-refractivity contribution is 0.304. The second kappa shape index (κ2) is 9.16. The number of hydrogen-bond donors (Lipinski definition) is 0. The number of rotatable bonds is 5. The highest BCUT2D eigenvalue weighted by Gasteiger charge is 2.06. The fourth-order valence-corrected chi connectivity index (χ4v) is 3.34. The minimum absolute atomic E-state index is 0.367. The number of ether oxygens (including phenoxy) is 1. The standard InChI is InChI=1S/C22H14BrFINO/c23-21-11-16(10-18(13-26)17-2-1-3-19(24)12-17)6-9-22(21)27-14-15-4-7-20(25)8-5-15/h1-12H,14H2/b18-10-. The number of nitrogens with zero attached hydrogens (tertiary/aromatic N) is 1. The second-order valence-corrected chi connectivity index (χ2v) is 7.89. The highest BCUT2D eigenvalue weighted by atomic mass is 127. The predicted molar refractivity (Wildman–Crippen MR) is 118 cm³/mol. The molecule has 0 aliphatic carbocycles. The molecule has 0 aromatic heterocycles. The molecule has 0 N–H and O–H groups in total. The summed E-state index contributed by atoms with van der Waals surface area (Å²) in [6, 6.07) is 21.9. The maximum absolute atomic E-state index is 13.4. The van der Waals surface area contributed by atoms with Gasteiger partial charge >= 0.3 is 0 Å². The van der Waals surface area contributed by atoms with Crippen molar-refractivity contribution in [3.63, 3.8) is 0 Å². The van der Waals surface area contributed by atoms with Gasteiger partial charge in [-0.05, 0) is 97.7 Å². The van der Waals surface area contributed by atoms with Crippen molar-refractivity contribution < 1.29 is 9.13 Å². The van der Waals surface area contributed by atoms with Crippen LogP contribution in [0.5, 0.6) is 5.75 Å². The number of benzene rings is 3. The summed E-state index contributed by atoms with van der Waals surface area (Å²) in [5.74, 6) is 0.351. The van der Waals surface area contributed by atoms with E-state index in [-0.39, 0.29) is 5.82 Å². The molecule has 0 saturated heterocycles. The monoisotopic (exact) mass is 533 g/mol. The molecule has 2 nitrogen and oxygen atoms in total. The summed E-state index contributed by atoms with van der Waals surface area (Å²) in [5.41, 5.74) is 2.86. The zero-order valence-electron chi connectivity index (χ0n) is 14.1. The summed E-state index contributed by atoms with van der Waals surface area (Å²) in [5, 5.41) is 9.41. The summed E-state index contributed by atoms with van der Waals surface area (Å²) < 4.78 is 21.2. The Morgan fingerprint density at radius 3 is 2.56 bits per heavy atom. The third-order valence-electron chi connectivity index (χ3n) is 3.83. The van der Waals surface area contributed by atoms with Crippen LogP contribution in [0.25, 0.3) is 11.6 Å². The zero-order valence-corrected chi connectivity index (χ0v) is 17.9. The van der Waals surface area contributed by atoms with Gasteiger partial charge in [-0.2, -0.15) is 5.26 Å². The van der Waals surface area contributed by atoms with Crippen molar-refractivity contribution >= 4 is 50.2 Å². The summed E-state index contributed by atoms with van der Waals surface area (Å²) >= 11 is 5.78. The van der Waals surface area contributed by atoms with Gasteiger partial charge in [-0.25, -0.2) is 4.39 Å². The first-order valence-electron chi connectivity index (χ1n) is 8.10. The molecule has 0 amide bonds. The molecule has 0 fully saturated rings. The van der Waals surface area contributed by atoms with Crippen molar-refractivity contribution in [1.82, 2.24) is 0 Å². The summed E-state index contributed by atoms with van der Waals surface area (Å²) in [6.45, 7) is 0.470. The Bertz CT molecular complexity index is 1030. The van der Waals surface area contributed by atoms with Crippen LogP contribution in [-0.2, 0) is 6.61 Å². The summed E-state index contributed by atoms with van der Waals surface area (Å²) in [6.07, 6.45) is 1.72. The molecular formula is C22H14BrFINO. The second-order valence-electron chi connectivity index (χ2n) is 5.79. The lowest BCUT2D eigenvalue weighted by Gasteiger charge is -2.09. The van der Waals surface area contributed by atoms with Gasteiger partial charge in [0.25, 0.3) is 0 Å². The number of nitriles is 1. The lowest BCUT2D eigenvalue weighted by Crippen LogP contribution is -1.96. The highest BCUT2D eigenvalue weighted by Crippen LogP contribution is 2.29. The first kappa shape index (κ1) is 19.6. The molecule has 0 saturated carbocycles. The Labute approximate surface area is 179 Å². The van der Waals surface area contributed by atoms with E-state index in [0.717, 1.165) is 21.3 Å². The average Bonchev–Trinajstić information content (AvgIpc) is 2.66. The van der Waals surface area contributed by atoms with E-state index in [0.29, 0.717) is 17.7 Å². The molecule has 0 atom stereocenters. The SMILES string of the molecule is N#C/C(=C/c1ccc(OCc2ccc(I)cc2)c(Br)c1)c1cccc(F)c1. The average molecular weight is 534 g/mol. The van der Waals surface area contributed by atoms with Gasteiger partial charge in [0.05, 0.1) is 16.1 Å². The first-order chi connectivity index (χ1) is 13.0. The molecule has 0 heterocycles. The molecule has 134 valence electrons. The summed E-state index contributed by atoms with van der Waals surface area (Å²) in [4.78, 5) is 0. The topological polar surface area (TPSA) is 33.0 Å². The van der Waals surface area contributed by atoms with Gasteiger partial charge in [0.2, 0.25) is 0 Å². The zero-order chi connectivity index (χ0) is 19.2. The smallest absolute Gasteiger partial charge is 0.134 e. The quantitative estimate of drug-likeness (QED) is 0.204. The third kappa shape index (κ3) is 5.41. The van der Waals surface area contributed by atoms with Crippen molar-refractivity contribution in [3.05, 3.63) is 97.3 Å². The molecule has 5 heteroatoms. The van der Waals surface area contributed by atoms with Gasteiger partial charge < -0.3 is 4.74 Å². The molecule has 0 aliphatic heterocycles. The van der Waals surface area contributed by atoms with E-state index in [2.05, 4.69) is 44.6 Å². The van der Waals surface area contributed by atoms with Crippen molar-refractivity contribution in [2.75, 3.05) is 0 Å². The van der Waals surface area contributed by atoms with Crippen molar-refractivity contribution in [2.45, 2.75) is 6.61 Å². The largest absolute Gasteiger partial charge is 0.488 e. The van der Waals surface area contributed by atoms with Crippen LogP contribution in [0.3, 0.4) is 0 Å². The van der Waals surface area contributed by atoms with Crippen LogP contribution in [0.2, 0.25) is 0 Å². The predicted octanol–water partition coefficient (Wildman–Crippen LogP) is 6.84. The Balaban J connectivity index is 1.77. The van der Waals surface area contributed by atoms with Gasteiger partial charge in [0.1, 0.15) is 18.2 Å². The van der Waals surface area contributed by atoms with Gasteiger partial charge in [0.15, 0.2) is 0 Å².